The van der Waals surface area contributed by atoms with Gasteiger partial charge in [0.2, 0.25) is 5.91 Å². The number of amides is 2. The van der Waals surface area contributed by atoms with Crippen LogP contribution in [0, 0.1) is 11.7 Å². The van der Waals surface area contributed by atoms with Gasteiger partial charge in [-0.25, -0.2) is 14.4 Å². The normalized spacial score (nSPS) is 22.7. The van der Waals surface area contributed by atoms with Crippen LogP contribution in [0.1, 0.15) is 11.6 Å². The van der Waals surface area contributed by atoms with Crippen LogP contribution in [0.4, 0.5) is 15.8 Å². The average molecular weight is 418 g/mol. The third kappa shape index (κ3) is 3.05. The predicted molar refractivity (Wildman–Crippen MR) is 112 cm³/mol. The Morgan fingerprint density at radius 1 is 0.839 bits per heavy atom. The Morgan fingerprint density at radius 3 is 2.23 bits per heavy atom. The van der Waals surface area contributed by atoms with Crippen molar-refractivity contribution in [2.24, 2.45) is 5.92 Å². The summed E-state index contributed by atoms with van der Waals surface area (Å²) >= 11 is 0. The molecule has 0 unspecified atom stereocenters. The van der Waals surface area contributed by atoms with Gasteiger partial charge in [0.05, 0.1) is 24.5 Å². The second kappa shape index (κ2) is 7.52. The zero-order valence-corrected chi connectivity index (χ0v) is 16.6. The molecular formula is C24H19FN2O4. The molecule has 2 amide bonds. The van der Waals surface area contributed by atoms with Gasteiger partial charge < -0.3 is 4.74 Å². The first-order chi connectivity index (χ1) is 15.1. The Balaban J connectivity index is 1.61. The first-order valence-electron chi connectivity index (χ1n) is 9.87. The van der Waals surface area contributed by atoms with E-state index in [2.05, 4.69) is 0 Å². The van der Waals surface area contributed by atoms with Crippen LogP contribution in [0.25, 0.3) is 0 Å². The van der Waals surface area contributed by atoms with E-state index >= 15 is 0 Å². The van der Waals surface area contributed by atoms with Crippen LogP contribution in [0.3, 0.4) is 0 Å². The molecule has 0 radical (unpaired) electrons. The van der Waals surface area contributed by atoms with Gasteiger partial charge in [-0.2, -0.15) is 0 Å². The first-order valence-corrected chi connectivity index (χ1v) is 9.87. The van der Waals surface area contributed by atoms with Gasteiger partial charge in [0.15, 0.2) is 6.10 Å². The Bertz CT molecular complexity index is 1140. The van der Waals surface area contributed by atoms with E-state index in [1.807, 2.05) is 54.6 Å². The van der Waals surface area contributed by atoms with E-state index < -0.39 is 35.7 Å². The minimum Gasteiger partial charge on any atom is -0.496 e. The molecule has 6 nitrogen and oxygen atoms in total. The molecule has 31 heavy (non-hydrogen) atoms. The van der Waals surface area contributed by atoms with Gasteiger partial charge in [-0.3, -0.25) is 14.4 Å². The third-order valence-corrected chi connectivity index (χ3v) is 5.67. The van der Waals surface area contributed by atoms with Crippen molar-refractivity contribution in [2.75, 3.05) is 17.1 Å². The fraction of sp³-hybridized carbons (Fsp3) is 0.167. The van der Waals surface area contributed by atoms with E-state index in [1.165, 1.54) is 24.3 Å². The Hall–Kier alpha value is -3.71. The number of fused-ring (bicyclic) bond motifs is 1. The predicted octanol–water partition coefficient (Wildman–Crippen LogP) is 3.89. The fourth-order valence-corrected chi connectivity index (χ4v) is 4.28. The molecule has 0 N–H and O–H groups in total. The molecule has 0 aliphatic carbocycles. The summed E-state index contributed by atoms with van der Waals surface area (Å²) in [6.07, 6.45) is -0.993. The molecule has 3 aromatic carbocycles. The van der Waals surface area contributed by atoms with Crippen LogP contribution in [0.5, 0.6) is 5.75 Å². The van der Waals surface area contributed by atoms with Crippen LogP contribution in [-0.2, 0) is 14.4 Å². The second-order valence-corrected chi connectivity index (χ2v) is 7.39. The fourth-order valence-electron chi connectivity index (χ4n) is 4.28. The number of halogens is 1. The summed E-state index contributed by atoms with van der Waals surface area (Å²) in [6, 6.07) is 21.4. The van der Waals surface area contributed by atoms with Gasteiger partial charge in [0.1, 0.15) is 17.5 Å². The number of anilines is 2. The molecule has 2 aliphatic heterocycles. The summed E-state index contributed by atoms with van der Waals surface area (Å²) in [5.41, 5.74) is 1.78. The molecule has 7 heteroatoms. The maximum atomic E-state index is 13.5. The zero-order chi connectivity index (χ0) is 21.5. The molecule has 5 rings (SSSR count). The Labute approximate surface area is 178 Å². The van der Waals surface area contributed by atoms with Gasteiger partial charge in [-0.1, -0.05) is 36.4 Å². The van der Waals surface area contributed by atoms with Gasteiger partial charge in [0.25, 0.3) is 5.91 Å². The van der Waals surface area contributed by atoms with Crippen molar-refractivity contribution in [3.63, 3.8) is 0 Å². The molecule has 156 valence electrons. The second-order valence-electron chi connectivity index (χ2n) is 7.39. The van der Waals surface area contributed by atoms with E-state index in [0.29, 0.717) is 11.4 Å². The molecule has 0 aromatic heterocycles. The number of ether oxygens (including phenoxy) is 1. The van der Waals surface area contributed by atoms with Crippen molar-refractivity contribution < 1.29 is 23.6 Å². The SMILES string of the molecule is COc1ccccc1[C@@H]1[C@@H]2C(=O)N(c3ccc(F)cc3)C(=O)[C@H]2ON1c1ccccc1. The highest BCUT2D eigenvalue weighted by Crippen LogP contribution is 2.49. The molecule has 0 bridgehead atoms. The number of hydrogen-bond acceptors (Lipinski definition) is 5. The highest BCUT2D eigenvalue weighted by molar-refractivity contribution is 6.23. The van der Waals surface area contributed by atoms with Crippen molar-refractivity contribution in [1.29, 1.82) is 0 Å². The summed E-state index contributed by atoms with van der Waals surface area (Å²) < 4.78 is 18.9. The largest absolute Gasteiger partial charge is 0.496 e. The molecule has 0 spiro atoms. The molecule has 0 saturated carbocycles. The van der Waals surface area contributed by atoms with Crippen LogP contribution in [0.15, 0.2) is 78.9 Å². The third-order valence-electron chi connectivity index (χ3n) is 5.67. The zero-order valence-electron chi connectivity index (χ0n) is 16.6. The van der Waals surface area contributed by atoms with Gasteiger partial charge in [0, 0.05) is 5.56 Å². The summed E-state index contributed by atoms with van der Waals surface area (Å²) in [7, 11) is 1.56. The molecule has 2 saturated heterocycles. The lowest BCUT2D eigenvalue weighted by atomic mass is 9.90. The van der Waals surface area contributed by atoms with Crippen LogP contribution in [0.2, 0.25) is 0 Å². The average Bonchev–Trinajstić information content (AvgIpc) is 3.31. The highest BCUT2D eigenvalue weighted by Gasteiger charge is 2.60. The maximum Gasteiger partial charge on any atom is 0.266 e. The quantitative estimate of drug-likeness (QED) is 0.602. The van der Waals surface area contributed by atoms with Crippen molar-refractivity contribution in [3.8, 4) is 5.75 Å². The number of imide groups is 1. The molecular weight excluding hydrogens is 399 g/mol. The number of carbonyl (C=O) groups excluding carboxylic acids is 2. The lowest BCUT2D eigenvalue weighted by Crippen LogP contribution is -2.37. The van der Waals surface area contributed by atoms with Crippen molar-refractivity contribution in [2.45, 2.75) is 12.1 Å². The molecule has 3 atom stereocenters. The lowest BCUT2D eigenvalue weighted by Gasteiger charge is -2.29. The van der Waals surface area contributed by atoms with E-state index in [-0.39, 0.29) is 0 Å². The van der Waals surface area contributed by atoms with Crippen LogP contribution in [-0.4, -0.2) is 25.0 Å². The minimum absolute atomic E-state index is 0.319. The number of methoxy groups -OCH3 is 1. The number of para-hydroxylation sites is 2. The number of carbonyl (C=O) groups is 2. The number of rotatable bonds is 4. The van der Waals surface area contributed by atoms with Crippen LogP contribution < -0.4 is 14.7 Å². The summed E-state index contributed by atoms with van der Waals surface area (Å²) in [5.74, 6) is -1.50. The van der Waals surface area contributed by atoms with Crippen molar-refractivity contribution in [3.05, 3.63) is 90.2 Å². The molecule has 2 aliphatic rings. The Morgan fingerprint density at radius 2 is 1.52 bits per heavy atom. The highest BCUT2D eigenvalue weighted by atomic mass is 19.1. The summed E-state index contributed by atoms with van der Waals surface area (Å²) in [6.45, 7) is 0. The number of nitrogens with zero attached hydrogens (tertiary/aromatic N) is 2. The van der Waals surface area contributed by atoms with Gasteiger partial charge >= 0.3 is 0 Å². The molecule has 3 aromatic rings. The smallest absolute Gasteiger partial charge is 0.266 e. The number of benzene rings is 3. The van der Waals surface area contributed by atoms with Gasteiger partial charge in [-0.15, -0.1) is 0 Å². The number of hydroxylamine groups is 1. The van der Waals surface area contributed by atoms with Crippen molar-refractivity contribution >= 4 is 23.2 Å². The maximum absolute atomic E-state index is 13.5. The number of hydrogen-bond donors (Lipinski definition) is 0. The molecule has 2 fully saturated rings. The van der Waals surface area contributed by atoms with E-state index in [4.69, 9.17) is 9.57 Å². The minimum atomic E-state index is -0.993. The van der Waals surface area contributed by atoms with E-state index in [1.54, 1.807) is 12.2 Å². The standard InChI is InChI=1S/C24H19FN2O4/c1-30-19-10-6-5-9-18(19)21-20-22(31-27(21)17-7-3-2-4-8-17)24(29)26(23(20)28)16-13-11-15(25)12-14-16/h2-14,20-22H,1H3/t20-,21+,22-/m0/s1. The monoisotopic (exact) mass is 418 g/mol. The lowest BCUT2D eigenvalue weighted by molar-refractivity contribution is -0.126. The Kier molecular flexibility index (Phi) is 4.67. The van der Waals surface area contributed by atoms with E-state index in [9.17, 15) is 14.0 Å². The topological polar surface area (TPSA) is 59.1 Å². The van der Waals surface area contributed by atoms with Crippen LogP contribution >= 0.6 is 0 Å². The first kappa shape index (κ1) is 19.3. The summed E-state index contributed by atoms with van der Waals surface area (Å²) in [5, 5.41) is 1.62. The summed E-state index contributed by atoms with van der Waals surface area (Å²) in [4.78, 5) is 33.9. The molecule has 2 heterocycles. The van der Waals surface area contributed by atoms with Crippen molar-refractivity contribution in [1.82, 2.24) is 0 Å². The van der Waals surface area contributed by atoms with Gasteiger partial charge in [-0.05, 0) is 42.5 Å². The van der Waals surface area contributed by atoms with E-state index in [0.717, 1.165) is 16.2 Å².